The molecule has 0 spiro atoms. The zero-order chi connectivity index (χ0) is 20.1. The Hall–Kier alpha value is -2.98. The number of aromatic nitrogens is 1. The summed E-state index contributed by atoms with van der Waals surface area (Å²) in [7, 11) is -3.68. The standard InChI is InChI=1S/C18H11FN2O5S2/c1-28(24,25)15-3-2-9(5-13(15)19)12-8-20-7-10-4-11(26-16(10)12)6-14-17(22)21-18(23)27-14/h2-8H,1H3,(H,21,22,23). The number of hydrogen-bond donors (Lipinski definition) is 1. The average Bonchev–Trinajstić information content (AvgIpc) is 3.15. The van der Waals surface area contributed by atoms with Crippen molar-refractivity contribution in [1.82, 2.24) is 10.3 Å². The topological polar surface area (TPSA) is 106 Å². The van der Waals surface area contributed by atoms with Gasteiger partial charge in [-0.05, 0) is 35.5 Å². The van der Waals surface area contributed by atoms with Crippen LogP contribution in [-0.4, -0.2) is 30.8 Å². The predicted octanol–water partition coefficient (Wildman–Crippen LogP) is 3.36. The number of pyridine rings is 1. The molecule has 142 valence electrons. The molecule has 0 bridgehead atoms. The molecule has 1 aliphatic heterocycles. The number of sulfone groups is 1. The summed E-state index contributed by atoms with van der Waals surface area (Å²) in [6.45, 7) is 0. The Morgan fingerprint density at radius 1 is 1.21 bits per heavy atom. The molecule has 2 amide bonds. The number of carbonyl (C=O) groups is 2. The number of hydrogen-bond acceptors (Lipinski definition) is 7. The van der Waals surface area contributed by atoms with Crippen molar-refractivity contribution in [3.05, 3.63) is 53.1 Å². The second-order valence-corrected chi connectivity index (χ2v) is 9.02. The normalized spacial score (nSPS) is 16.1. The Morgan fingerprint density at radius 3 is 2.64 bits per heavy atom. The van der Waals surface area contributed by atoms with Crippen LogP contribution in [0.5, 0.6) is 0 Å². The Bertz CT molecular complexity index is 1290. The first kappa shape index (κ1) is 18.4. The van der Waals surface area contributed by atoms with Crippen molar-refractivity contribution in [2.75, 3.05) is 6.26 Å². The molecule has 0 saturated carbocycles. The van der Waals surface area contributed by atoms with E-state index in [9.17, 15) is 22.4 Å². The van der Waals surface area contributed by atoms with Crippen LogP contribution in [0.1, 0.15) is 5.76 Å². The lowest BCUT2D eigenvalue weighted by Gasteiger charge is -2.05. The number of fused-ring (bicyclic) bond motifs is 1. The molecule has 28 heavy (non-hydrogen) atoms. The monoisotopic (exact) mass is 418 g/mol. The number of rotatable bonds is 3. The molecule has 1 aromatic carbocycles. The smallest absolute Gasteiger partial charge is 0.290 e. The van der Waals surface area contributed by atoms with E-state index in [4.69, 9.17) is 4.42 Å². The number of amides is 2. The third-order valence-electron chi connectivity index (χ3n) is 4.00. The second kappa shape index (κ2) is 6.57. The Labute approximate surface area is 162 Å². The highest BCUT2D eigenvalue weighted by Gasteiger charge is 2.25. The van der Waals surface area contributed by atoms with E-state index in [-0.39, 0.29) is 4.91 Å². The number of nitrogens with zero attached hydrogens (tertiary/aromatic N) is 1. The van der Waals surface area contributed by atoms with Crippen LogP contribution in [0.25, 0.3) is 28.2 Å². The van der Waals surface area contributed by atoms with Crippen molar-refractivity contribution in [2.24, 2.45) is 0 Å². The zero-order valence-electron chi connectivity index (χ0n) is 14.2. The summed E-state index contributed by atoms with van der Waals surface area (Å²) < 4.78 is 43.2. The first-order chi connectivity index (χ1) is 13.2. The summed E-state index contributed by atoms with van der Waals surface area (Å²) in [5.74, 6) is -1.06. The van der Waals surface area contributed by atoms with Gasteiger partial charge in [0.1, 0.15) is 22.1 Å². The van der Waals surface area contributed by atoms with Crippen molar-refractivity contribution in [3.8, 4) is 11.1 Å². The maximum atomic E-state index is 14.3. The number of thioether (sulfide) groups is 1. The maximum absolute atomic E-state index is 14.3. The van der Waals surface area contributed by atoms with Gasteiger partial charge in [0.15, 0.2) is 9.84 Å². The van der Waals surface area contributed by atoms with Gasteiger partial charge < -0.3 is 4.42 Å². The first-order valence-electron chi connectivity index (χ1n) is 7.85. The molecule has 3 aromatic rings. The molecule has 4 rings (SSSR count). The molecule has 1 saturated heterocycles. The van der Waals surface area contributed by atoms with Crippen LogP contribution in [0, 0.1) is 5.82 Å². The van der Waals surface area contributed by atoms with Gasteiger partial charge in [0.2, 0.25) is 0 Å². The molecule has 1 aliphatic rings. The van der Waals surface area contributed by atoms with Gasteiger partial charge in [0.05, 0.1) is 4.91 Å². The highest BCUT2D eigenvalue weighted by Crippen LogP contribution is 2.33. The van der Waals surface area contributed by atoms with Crippen molar-refractivity contribution < 1.29 is 26.8 Å². The van der Waals surface area contributed by atoms with E-state index >= 15 is 0 Å². The number of furan rings is 1. The van der Waals surface area contributed by atoms with Crippen LogP contribution >= 0.6 is 11.8 Å². The van der Waals surface area contributed by atoms with Gasteiger partial charge in [-0.15, -0.1) is 0 Å². The fourth-order valence-corrected chi connectivity index (χ4v) is 4.17. The van der Waals surface area contributed by atoms with Crippen molar-refractivity contribution in [1.29, 1.82) is 0 Å². The van der Waals surface area contributed by atoms with Gasteiger partial charge in [-0.1, -0.05) is 6.07 Å². The molecule has 0 aliphatic carbocycles. The molecule has 3 heterocycles. The fraction of sp³-hybridized carbons (Fsp3) is 0.0556. The number of nitrogens with one attached hydrogen (secondary N) is 1. The Morgan fingerprint density at radius 2 is 2.00 bits per heavy atom. The molecule has 0 atom stereocenters. The zero-order valence-corrected chi connectivity index (χ0v) is 15.9. The lowest BCUT2D eigenvalue weighted by molar-refractivity contribution is -0.115. The SMILES string of the molecule is CS(=O)(=O)c1ccc(-c2cncc3cc(C=C4SC(=O)NC4=O)oc23)cc1F. The largest absolute Gasteiger partial charge is 0.456 e. The maximum Gasteiger partial charge on any atom is 0.290 e. The highest BCUT2D eigenvalue weighted by atomic mass is 32.2. The lowest BCUT2D eigenvalue weighted by Crippen LogP contribution is -2.17. The van der Waals surface area contributed by atoms with Crippen LogP contribution in [0.4, 0.5) is 9.18 Å². The van der Waals surface area contributed by atoms with Crippen LogP contribution in [-0.2, 0) is 14.6 Å². The quantitative estimate of drug-likeness (QED) is 0.650. The van der Waals surface area contributed by atoms with E-state index < -0.39 is 31.7 Å². The molecular weight excluding hydrogens is 407 g/mol. The van der Waals surface area contributed by atoms with Gasteiger partial charge in [-0.25, -0.2) is 12.8 Å². The summed E-state index contributed by atoms with van der Waals surface area (Å²) >= 11 is 0.764. The molecule has 0 unspecified atom stereocenters. The molecule has 0 radical (unpaired) electrons. The van der Waals surface area contributed by atoms with Crippen molar-refractivity contribution in [3.63, 3.8) is 0 Å². The van der Waals surface area contributed by atoms with Crippen LogP contribution in [0.3, 0.4) is 0 Å². The van der Waals surface area contributed by atoms with E-state index in [0.29, 0.717) is 27.9 Å². The van der Waals surface area contributed by atoms with Gasteiger partial charge >= 0.3 is 0 Å². The molecular formula is C18H11FN2O5S2. The molecule has 1 N–H and O–H groups in total. The predicted molar refractivity (Wildman–Crippen MR) is 102 cm³/mol. The minimum Gasteiger partial charge on any atom is -0.456 e. The Balaban J connectivity index is 1.80. The van der Waals surface area contributed by atoms with Gasteiger partial charge in [-0.3, -0.25) is 19.9 Å². The highest BCUT2D eigenvalue weighted by molar-refractivity contribution is 8.18. The minimum atomic E-state index is -3.68. The fourth-order valence-electron chi connectivity index (χ4n) is 2.78. The summed E-state index contributed by atoms with van der Waals surface area (Å²) in [5.41, 5.74) is 1.24. The van der Waals surface area contributed by atoms with Crippen LogP contribution in [0.2, 0.25) is 0 Å². The Kier molecular flexibility index (Phi) is 4.31. The van der Waals surface area contributed by atoms with Crippen molar-refractivity contribution in [2.45, 2.75) is 4.90 Å². The van der Waals surface area contributed by atoms with Crippen molar-refractivity contribution >= 4 is 49.8 Å². The van der Waals surface area contributed by atoms with Gasteiger partial charge in [0.25, 0.3) is 11.1 Å². The van der Waals surface area contributed by atoms with E-state index in [1.165, 1.54) is 24.4 Å². The number of imide groups is 1. The molecule has 1 fully saturated rings. The second-order valence-electron chi connectivity index (χ2n) is 6.02. The summed E-state index contributed by atoms with van der Waals surface area (Å²) in [4.78, 5) is 26.8. The number of halogens is 1. The third-order valence-corrected chi connectivity index (χ3v) is 5.94. The van der Waals surface area contributed by atoms with E-state index in [1.54, 1.807) is 12.3 Å². The third kappa shape index (κ3) is 3.32. The summed E-state index contributed by atoms with van der Waals surface area (Å²) in [6.07, 6.45) is 5.38. The summed E-state index contributed by atoms with van der Waals surface area (Å²) in [5, 5.41) is 2.30. The first-order valence-corrected chi connectivity index (χ1v) is 10.6. The number of benzene rings is 1. The molecule has 2 aromatic heterocycles. The average molecular weight is 418 g/mol. The van der Waals surface area contributed by atoms with Crippen LogP contribution < -0.4 is 5.32 Å². The van der Waals surface area contributed by atoms with E-state index in [0.717, 1.165) is 24.1 Å². The minimum absolute atomic E-state index is 0.196. The van der Waals surface area contributed by atoms with Gasteiger partial charge in [0, 0.05) is 35.7 Å². The van der Waals surface area contributed by atoms with Crippen LogP contribution in [0.15, 0.2) is 50.9 Å². The molecule has 7 nitrogen and oxygen atoms in total. The van der Waals surface area contributed by atoms with E-state index in [1.807, 2.05) is 0 Å². The number of carbonyl (C=O) groups excluding carboxylic acids is 2. The summed E-state index contributed by atoms with van der Waals surface area (Å²) in [6, 6.07) is 5.40. The van der Waals surface area contributed by atoms with E-state index in [2.05, 4.69) is 10.3 Å². The van der Waals surface area contributed by atoms with Gasteiger partial charge in [-0.2, -0.15) is 0 Å². The molecule has 10 heteroatoms. The lowest BCUT2D eigenvalue weighted by atomic mass is 10.1.